The van der Waals surface area contributed by atoms with Crippen LogP contribution in [0.15, 0.2) is 36.7 Å². The first-order valence-electron chi connectivity index (χ1n) is 10.1. The number of carbonyl (C=O) groups excluding carboxylic acids is 2. The van der Waals surface area contributed by atoms with Crippen LogP contribution >= 0.6 is 11.3 Å². The maximum absolute atomic E-state index is 13.0. The van der Waals surface area contributed by atoms with Crippen molar-refractivity contribution in [2.45, 2.75) is 30.6 Å². The van der Waals surface area contributed by atoms with Gasteiger partial charge in [-0.3, -0.25) is 10.1 Å². The highest BCUT2D eigenvalue weighted by Gasteiger charge is 2.42. The highest BCUT2D eigenvalue weighted by Crippen LogP contribution is 2.56. The number of carbonyl (C=O) groups is 2. The van der Waals surface area contributed by atoms with E-state index < -0.39 is 18.4 Å². The Labute approximate surface area is 183 Å². The molecule has 162 valence electrons. The van der Waals surface area contributed by atoms with Crippen LogP contribution in [-0.2, 0) is 4.79 Å². The van der Waals surface area contributed by atoms with Gasteiger partial charge in [0.15, 0.2) is 10.7 Å². The Morgan fingerprint density at radius 1 is 1.19 bits per heavy atom. The zero-order valence-electron chi connectivity index (χ0n) is 16.5. The molecule has 3 atom stereocenters. The fraction of sp³-hybridized carbons (Fsp3) is 0.286. The third kappa shape index (κ3) is 3.11. The van der Waals surface area contributed by atoms with Crippen LogP contribution in [0.2, 0.25) is 0 Å². The SMILES string of the molecule is O=C1NCC(c2cc([C@H]3C[C@@H]3c3ccc4nc(C(F)F)sc4c3)c3nccn3n2)C(=O)N1. The number of aromatic nitrogens is 4. The summed E-state index contributed by atoms with van der Waals surface area (Å²) in [7, 11) is 0. The molecule has 0 radical (unpaired) electrons. The van der Waals surface area contributed by atoms with E-state index in [1.165, 1.54) is 0 Å². The first-order valence-corrected chi connectivity index (χ1v) is 10.9. The Kier molecular flexibility index (Phi) is 4.22. The molecule has 1 saturated heterocycles. The Morgan fingerprint density at radius 3 is 2.88 bits per heavy atom. The number of alkyl halides is 2. The number of hydrogen-bond acceptors (Lipinski definition) is 6. The van der Waals surface area contributed by atoms with Crippen molar-refractivity contribution in [2.75, 3.05) is 6.54 Å². The summed E-state index contributed by atoms with van der Waals surface area (Å²) in [5.74, 6) is -0.587. The standard InChI is InChI=1S/C21H16F2N6O2S/c22-17(23)20-26-14-2-1-9(5-16(14)32-20)10-6-11(10)12-7-15(28-29-4-3-24-18(12)29)13-8-25-21(31)27-19(13)30/h1-5,7,10-11,13,17H,6,8H2,(H2,25,27,30,31)/t10-,11+,13?/m1/s1. The average molecular weight is 454 g/mol. The molecule has 2 fully saturated rings. The fourth-order valence-corrected chi connectivity index (χ4v) is 5.24. The summed E-state index contributed by atoms with van der Waals surface area (Å²) >= 11 is 1.02. The third-order valence-corrected chi connectivity index (χ3v) is 7.04. The van der Waals surface area contributed by atoms with Gasteiger partial charge in [-0.25, -0.2) is 28.1 Å². The lowest BCUT2D eigenvalue weighted by atomic mass is 9.99. The van der Waals surface area contributed by atoms with Gasteiger partial charge in [0.25, 0.3) is 6.43 Å². The molecule has 2 N–H and O–H groups in total. The van der Waals surface area contributed by atoms with E-state index in [2.05, 4.69) is 25.7 Å². The Morgan fingerprint density at radius 2 is 2.06 bits per heavy atom. The predicted molar refractivity (Wildman–Crippen MR) is 112 cm³/mol. The summed E-state index contributed by atoms with van der Waals surface area (Å²) < 4.78 is 28.4. The highest BCUT2D eigenvalue weighted by atomic mass is 32.1. The van der Waals surface area contributed by atoms with Gasteiger partial charge in [0, 0.05) is 24.5 Å². The molecule has 4 heterocycles. The largest absolute Gasteiger partial charge is 0.337 e. The molecule has 1 aliphatic carbocycles. The maximum Gasteiger partial charge on any atom is 0.321 e. The van der Waals surface area contributed by atoms with Gasteiger partial charge in [0.05, 0.1) is 21.8 Å². The number of rotatable bonds is 4. The molecular weight excluding hydrogens is 438 g/mol. The van der Waals surface area contributed by atoms with Crippen LogP contribution in [0.1, 0.15) is 52.4 Å². The molecule has 8 nitrogen and oxygen atoms in total. The minimum Gasteiger partial charge on any atom is -0.337 e. The molecule has 3 aromatic heterocycles. The lowest BCUT2D eigenvalue weighted by Crippen LogP contribution is -2.51. The first kappa shape index (κ1) is 19.2. The van der Waals surface area contributed by atoms with Gasteiger partial charge in [-0.15, -0.1) is 11.3 Å². The van der Waals surface area contributed by atoms with Gasteiger partial charge >= 0.3 is 6.03 Å². The zero-order chi connectivity index (χ0) is 22.0. The summed E-state index contributed by atoms with van der Waals surface area (Å²) in [5, 5.41) is 9.28. The average Bonchev–Trinajstić information content (AvgIpc) is 3.21. The van der Waals surface area contributed by atoms with Gasteiger partial charge in [-0.2, -0.15) is 5.10 Å². The Bertz CT molecular complexity index is 1400. The number of imidazole rings is 1. The number of hydrogen-bond donors (Lipinski definition) is 2. The monoisotopic (exact) mass is 454 g/mol. The molecule has 1 aromatic carbocycles. The minimum atomic E-state index is -2.57. The van der Waals surface area contributed by atoms with E-state index >= 15 is 0 Å². The normalized spacial score (nSPS) is 23.0. The molecule has 1 aliphatic heterocycles. The van der Waals surface area contributed by atoms with Crippen molar-refractivity contribution < 1.29 is 18.4 Å². The molecule has 4 aromatic rings. The van der Waals surface area contributed by atoms with E-state index in [0.29, 0.717) is 11.2 Å². The van der Waals surface area contributed by atoms with Crippen molar-refractivity contribution in [1.29, 1.82) is 0 Å². The Balaban J connectivity index is 1.34. The first-order chi connectivity index (χ1) is 15.5. The number of imide groups is 1. The van der Waals surface area contributed by atoms with Gasteiger partial charge < -0.3 is 5.32 Å². The maximum atomic E-state index is 13.0. The highest BCUT2D eigenvalue weighted by molar-refractivity contribution is 7.18. The smallest absolute Gasteiger partial charge is 0.321 e. The van der Waals surface area contributed by atoms with Gasteiger partial charge in [-0.05, 0) is 42.0 Å². The molecule has 6 rings (SSSR count). The number of amides is 3. The quantitative estimate of drug-likeness (QED) is 0.492. The number of nitrogens with zero attached hydrogens (tertiary/aromatic N) is 4. The van der Waals surface area contributed by atoms with Crippen molar-refractivity contribution in [3.05, 3.63) is 58.5 Å². The van der Waals surface area contributed by atoms with Crippen LogP contribution in [0.3, 0.4) is 0 Å². The van der Waals surface area contributed by atoms with E-state index in [9.17, 15) is 18.4 Å². The second-order valence-electron chi connectivity index (χ2n) is 8.00. The molecule has 2 aliphatic rings. The number of urea groups is 1. The van der Waals surface area contributed by atoms with Crippen LogP contribution in [-0.4, -0.2) is 38.1 Å². The van der Waals surface area contributed by atoms with Crippen molar-refractivity contribution in [1.82, 2.24) is 30.2 Å². The van der Waals surface area contributed by atoms with Crippen molar-refractivity contribution in [3.63, 3.8) is 0 Å². The van der Waals surface area contributed by atoms with Crippen LogP contribution in [0.5, 0.6) is 0 Å². The molecule has 3 amide bonds. The predicted octanol–water partition coefficient (Wildman–Crippen LogP) is 3.47. The second-order valence-corrected chi connectivity index (χ2v) is 9.06. The van der Waals surface area contributed by atoms with Crippen LogP contribution < -0.4 is 10.6 Å². The van der Waals surface area contributed by atoms with Gasteiger partial charge in [0.2, 0.25) is 5.91 Å². The summed E-state index contributed by atoms with van der Waals surface area (Å²) in [6.07, 6.45) is 1.69. The van der Waals surface area contributed by atoms with Crippen LogP contribution in [0.4, 0.5) is 13.6 Å². The topological polar surface area (TPSA) is 101 Å². The summed E-state index contributed by atoms with van der Waals surface area (Å²) in [6, 6.07) is 7.07. The van der Waals surface area contributed by atoms with Gasteiger partial charge in [-0.1, -0.05) is 6.07 Å². The summed E-state index contributed by atoms with van der Waals surface area (Å²) in [6.45, 7) is 0.180. The summed E-state index contributed by atoms with van der Waals surface area (Å²) in [4.78, 5) is 32.2. The van der Waals surface area contributed by atoms with E-state index in [0.717, 1.165) is 39.2 Å². The molecule has 1 unspecified atom stereocenters. The molecule has 1 saturated carbocycles. The van der Waals surface area contributed by atoms with E-state index in [-0.39, 0.29) is 29.3 Å². The molecule has 32 heavy (non-hydrogen) atoms. The number of halogens is 2. The second kappa shape index (κ2) is 7.02. The fourth-order valence-electron chi connectivity index (χ4n) is 4.36. The zero-order valence-corrected chi connectivity index (χ0v) is 17.3. The Hall–Kier alpha value is -3.47. The van der Waals surface area contributed by atoms with E-state index in [1.54, 1.807) is 23.0 Å². The lowest BCUT2D eigenvalue weighted by Gasteiger charge is -2.22. The molecule has 0 spiro atoms. The molecule has 0 bridgehead atoms. The van der Waals surface area contributed by atoms with E-state index in [1.807, 2.05) is 18.2 Å². The number of benzene rings is 1. The van der Waals surface area contributed by atoms with Crippen LogP contribution in [0.25, 0.3) is 15.9 Å². The number of thiazole rings is 1. The molecule has 11 heteroatoms. The lowest BCUT2D eigenvalue weighted by molar-refractivity contribution is -0.122. The van der Waals surface area contributed by atoms with Gasteiger partial charge in [0.1, 0.15) is 0 Å². The third-order valence-electron chi connectivity index (χ3n) is 6.02. The van der Waals surface area contributed by atoms with E-state index in [4.69, 9.17) is 0 Å². The van der Waals surface area contributed by atoms with Crippen LogP contribution in [0, 0.1) is 0 Å². The molecular formula is C21H16F2N6O2S. The minimum absolute atomic E-state index is 0.166. The van der Waals surface area contributed by atoms with Crippen molar-refractivity contribution in [2.24, 2.45) is 0 Å². The summed E-state index contributed by atoms with van der Waals surface area (Å²) in [5.41, 5.74) is 3.91. The number of fused-ring (bicyclic) bond motifs is 2. The van der Waals surface area contributed by atoms with Crippen molar-refractivity contribution in [3.8, 4) is 0 Å². The number of nitrogens with one attached hydrogen (secondary N) is 2. The van der Waals surface area contributed by atoms with Crippen molar-refractivity contribution >= 4 is 39.1 Å².